The minimum absolute atomic E-state index is 0. The molecule has 0 amide bonds. The van der Waals surface area contributed by atoms with Gasteiger partial charge < -0.3 is 5.73 Å². The van der Waals surface area contributed by atoms with Gasteiger partial charge in [-0.3, -0.25) is 0 Å². The lowest BCUT2D eigenvalue weighted by Crippen LogP contribution is -1.94. The van der Waals surface area contributed by atoms with E-state index in [1.165, 1.54) is 11.1 Å². The summed E-state index contributed by atoms with van der Waals surface area (Å²) in [6.07, 6.45) is 2.96. The number of hydrogen-bond acceptors (Lipinski definition) is 1. The van der Waals surface area contributed by atoms with Gasteiger partial charge in [0, 0.05) is 12.1 Å². The van der Waals surface area contributed by atoms with Gasteiger partial charge >= 0.3 is 0 Å². The summed E-state index contributed by atoms with van der Waals surface area (Å²) in [5, 5.41) is 0. The van der Waals surface area contributed by atoms with Crippen LogP contribution in [0.25, 0.3) is 6.08 Å². The first-order valence-corrected chi connectivity index (χ1v) is 3.40. The zero-order valence-electron chi connectivity index (χ0n) is 6.49. The Hall–Kier alpha value is -0.660. The van der Waals surface area contributed by atoms with E-state index >= 15 is 0 Å². The first-order valence-electron chi connectivity index (χ1n) is 3.40. The molecule has 0 saturated heterocycles. The van der Waals surface area contributed by atoms with Gasteiger partial charge in [-0.2, -0.15) is 0 Å². The molecule has 1 aliphatic rings. The smallest absolute Gasteiger partial charge is 0.0131 e. The first-order chi connectivity index (χ1) is 4.86. The van der Waals surface area contributed by atoms with Gasteiger partial charge in [0.05, 0.1) is 0 Å². The van der Waals surface area contributed by atoms with Crippen LogP contribution in [0.2, 0.25) is 0 Å². The lowest BCUT2D eigenvalue weighted by Gasteiger charge is -1.93. The Kier molecular flexibility index (Phi) is 4.15. The number of rotatable bonds is 0. The molecule has 0 saturated carbocycles. The summed E-state index contributed by atoms with van der Waals surface area (Å²) >= 11 is 0. The molecular weight excluding hydrogens is 193 g/mol. The van der Waals surface area contributed by atoms with E-state index in [1.807, 2.05) is 18.2 Å². The Labute approximate surface area is 84.5 Å². The summed E-state index contributed by atoms with van der Waals surface area (Å²) < 4.78 is 0. The second-order valence-electron chi connectivity index (χ2n) is 2.59. The van der Waals surface area contributed by atoms with Crippen molar-refractivity contribution in [2.75, 3.05) is 0 Å². The molecule has 2 N–H and O–H groups in total. The molecule has 0 fully saturated rings. The highest BCUT2D eigenvalue weighted by molar-refractivity contribution is 5.85. The van der Waals surface area contributed by atoms with Gasteiger partial charge in [-0.05, 0) is 17.2 Å². The monoisotopic (exact) mass is 203 g/mol. The van der Waals surface area contributed by atoms with Crippen molar-refractivity contribution in [3.05, 3.63) is 41.1 Å². The predicted octanol–water partition coefficient (Wildman–Crippen LogP) is 2.39. The summed E-state index contributed by atoms with van der Waals surface area (Å²) in [6.45, 7) is 0. The molecule has 0 atom stereocenters. The fourth-order valence-corrected chi connectivity index (χ4v) is 1.31. The van der Waals surface area contributed by atoms with Crippen LogP contribution in [0.3, 0.4) is 0 Å². The maximum Gasteiger partial charge on any atom is 0.0131 e. The number of hydrogen-bond donors (Lipinski definition) is 1. The molecule has 1 aromatic carbocycles. The molecule has 3 heteroatoms. The largest absolute Gasteiger partial charge is 0.402 e. The molecule has 1 aliphatic carbocycles. The van der Waals surface area contributed by atoms with Crippen molar-refractivity contribution in [3.63, 3.8) is 0 Å². The summed E-state index contributed by atoms with van der Waals surface area (Å²) in [4.78, 5) is 0. The maximum absolute atomic E-state index is 5.65. The van der Waals surface area contributed by atoms with Crippen molar-refractivity contribution in [1.82, 2.24) is 0 Å². The summed E-state index contributed by atoms with van der Waals surface area (Å²) in [6, 6.07) is 8.29. The maximum atomic E-state index is 5.65. The first kappa shape index (κ1) is 11.3. The van der Waals surface area contributed by atoms with Crippen LogP contribution in [-0.4, -0.2) is 0 Å². The Bertz CT molecular complexity index is 294. The van der Waals surface area contributed by atoms with E-state index in [0.717, 1.165) is 12.1 Å². The SMILES string of the molecule is Cl.Cl.NC1=Cc2ccccc2C1. The van der Waals surface area contributed by atoms with Crippen LogP contribution in [-0.2, 0) is 6.42 Å². The second kappa shape index (κ2) is 4.39. The number of nitrogens with two attached hydrogens (primary N) is 1. The van der Waals surface area contributed by atoms with Crippen LogP contribution >= 0.6 is 24.8 Å². The standard InChI is InChI=1S/C9H9N.2ClH/c10-9-5-7-3-1-2-4-8(7)6-9;;/h1-5H,6,10H2;2*1H. The quantitative estimate of drug-likeness (QED) is 0.689. The zero-order chi connectivity index (χ0) is 6.97. The predicted molar refractivity (Wildman–Crippen MR) is 56.8 cm³/mol. The zero-order valence-corrected chi connectivity index (χ0v) is 8.12. The molecule has 12 heavy (non-hydrogen) atoms. The summed E-state index contributed by atoms with van der Waals surface area (Å²) in [5.74, 6) is 0. The van der Waals surface area contributed by atoms with Gasteiger partial charge in [0.25, 0.3) is 0 Å². The van der Waals surface area contributed by atoms with E-state index in [0.29, 0.717) is 0 Å². The van der Waals surface area contributed by atoms with Gasteiger partial charge in [-0.25, -0.2) is 0 Å². The van der Waals surface area contributed by atoms with Crippen molar-refractivity contribution in [2.24, 2.45) is 5.73 Å². The van der Waals surface area contributed by atoms with Crippen molar-refractivity contribution < 1.29 is 0 Å². The second-order valence-corrected chi connectivity index (χ2v) is 2.59. The number of halogens is 2. The highest BCUT2D eigenvalue weighted by Gasteiger charge is 2.07. The molecule has 0 unspecified atom stereocenters. The van der Waals surface area contributed by atoms with Gasteiger partial charge in [0.2, 0.25) is 0 Å². The van der Waals surface area contributed by atoms with Gasteiger partial charge in [-0.1, -0.05) is 24.3 Å². The average molecular weight is 204 g/mol. The van der Waals surface area contributed by atoms with E-state index in [2.05, 4.69) is 12.1 Å². The molecule has 1 nitrogen and oxygen atoms in total. The molecule has 66 valence electrons. The minimum Gasteiger partial charge on any atom is -0.402 e. The average Bonchev–Trinajstić information content (AvgIpc) is 2.27. The van der Waals surface area contributed by atoms with Crippen LogP contribution in [0.4, 0.5) is 0 Å². The number of benzene rings is 1. The molecule has 0 heterocycles. The Morgan fingerprint density at radius 2 is 1.75 bits per heavy atom. The van der Waals surface area contributed by atoms with E-state index in [1.54, 1.807) is 0 Å². The molecule has 1 aromatic rings. The fourth-order valence-electron chi connectivity index (χ4n) is 1.31. The highest BCUT2D eigenvalue weighted by Crippen LogP contribution is 2.20. The summed E-state index contributed by atoms with van der Waals surface area (Å²) in [5.41, 5.74) is 9.24. The fraction of sp³-hybridized carbons (Fsp3) is 0.111. The molecule has 0 aromatic heterocycles. The normalized spacial score (nSPS) is 12.2. The molecule has 2 rings (SSSR count). The topological polar surface area (TPSA) is 26.0 Å². The van der Waals surface area contributed by atoms with E-state index < -0.39 is 0 Å². The third kappa shape index (κ3) is 1.93. The van der Waals surface area contributed by atoms with Crippen molar-refractivity contribution in [2.45, 2.75) is 6.42 Å². The molecule has 0 bridgehead atoms. The highest BCUT2D eigenvalue weighted by atomic mass is 35.5. The van der Waals surface area contributed by atoms with Crippen molar-refractivity contribution in [3.8, 4) is 0 Å². The van der Waals surface area contributed by atoms with Crippen LogP contribution in [0.1, 0.15) is 11.1 Å². The van der Waals surface area contributed by atoms with Crippen LogP contribution < -0.4 is 5.73 Å². The van der Waals surface area contributed by atoms with Crippen molar-refractivity contribution in [1.29, 1.82) is 0 Å². The number of allylic oxidation sites excluding steroid dienone is 1. The Morgan fingerprint density at radius 1 is 1.08 bits per heavy atom. The van der Waals surface area contributed by atoms with Gasteiger partial charge in [0.1, 0.15) is 0 Å². The van der Waals surface area contributed by atoms with Crippen LogP contribution in [0, 0.1) is 0 Å². The van der Waals surface area contributed by atoms with Crippen LogP contribution in [0.15, 0.2) is 30.0 Å². The van der Waals surface area contributed by atoms with E-state index in [9.17, 15) is 0 Å². The minimum atomic E-state index is 0. The summed E-state index contributed by atoms with van der Waals surface area (Å²) in [7, 11) is 0. The van der Waals surface area contributed by atoms with E-state index in [4.69, 9.17) is 5.73 Å². The van der Waals surface area contributed by atoms with E-state index in [-0.39, 0.29) is 24.8 Å². The van der Waals surface area contributed by atoms with Crippen molar-refractivity contribution >= 4 is 30.9 Å². The lowest BCUT2D eigenvalue weighted by atomic mass is 10.1. The van der Waals surface area contributed by atoms with Crippen LogP contribution in [0.5, 0.6) is 0 Å². The molecular formula is C9H11Cl2N. The Balaban J connectivity index is 0.000000605. The number of fused-ring (bicyclic) bond motifs is 1. The Morgan fingerprint density at radius 3 is 2.42 bits per heavy atom. The molecule has 0 radical (unpaired) electrons. The molecule has 0 aliphatic heterocycles. The lowest BCUT2D eigenvalue weighted by molar-refractivity contribution is 1.16. The van der Waals surface area contributed by atoms with Gasteiger partial charge in [-0.15, -0.1) is 24.8 Å². The third-order valence-corrected chi connectivity index (χ3v) is 1.79. The van der Waals surface area contributed by atoms with Gasteiger partial charge in [0.15, 0.2) is 0 Å². The molecule has 0 spiro atoms. The third-order valence-electron chi connectivity index (χ3n) is 1.79.